The normalized spacial score (nSPS) is 20.0. The first-order valence-corrected chi connectivity index (χ1v) is 26.1. The van der Waals surface area contributed by atoms with Gasteiger partial charge in [-0.2, -0.15) is 26.3 Å². The van der Waals surface area contributed by atoms with E-state index in [1.165, 1.54) is 24.3 Å². The number of alkyl halides is 6. The predicted molar refractivity (Wildman–Crippen MR) is 295 cm³/mol. The van der Waals surface area contributed by atoms with E-state index < -0.39 is 62.8 Å². The van der Waals surface area contributed by atoms with E-state index in [2.05, 4.69) is 10.6 Å². The van der Waals surface area contributed by atoms with E-state index in [-0.39, 0.29) is 11.4 Å². The number of halogens is 6. The molecule has 11 heteroatoms. The lowest BCUT2D eigenvalue weighted by atomic mass is 9.70. The third kappa shape index (κ3) is 5.32. The number of hydrogen-bond acceptors (Lipinski definition) is 5. The van der Waals surface area contributed by atoms with E-state index in [1.54, 1.807) is 0 Å². The molecule has 0 fully saturated rings. The highest BCUT2D eigenvalue weighted by molar-refractivity contribution is 6.22. The monoisotopic (exact) mass is 1050 g/mol. The Morgan fingerprint density at radius 3 is 1.21 bits per heavy atom. The molecule has 7 aliphatic rings. The zero-order chi connectivity index (χ0) is 54.1. The number of fused-ring (bicyclic) bond motifs is 22. The first kappa shape index (κ1) is 45.2. The number of benzene rings is 10. The summed E-state index contributed by atoms with van der Waals surface area (Å²) in [5, 5.41) is 38.4. The van der Waals surface area contributed by atoms with Crippen LogP contribution in [0.25, 0.3) is 88.3 Å². The third-order valence-corrected chi connectivity index (χ3v) is 18.0. The number of anilines is 2. The maximum absolute atomic E-state index is 15.0. The van der Waals surface area contributed by atoms with Crippen molar-refractivity contribution in [3.05, 3.63) is 273 Å². The first-order valence-electron chi connectivity index (χ1n) is 26.1. The summed E-state index contributed by atoms with van der Waals surface area (Å²) in [5.74, 6) is -2.85. The smallest absolute Gasteiger partial charge is 0.416 e. The van der Waals surface area contributed by atoms with Crippen LogP contribution in [0.5, 0.6) is 0 Å². The highest BCUT2D eigenvalue weighted by atomic mass is 19.4. The molecule has 0 bridgehead atoms. The highest BCUT2D eigenvalue weighted by Crippen LogP contribution is 2.67. The number of hydrogen-bond donors (Lipinski definition) is 3. The van der Waals surface area contributed by atoms with Gasteiger partial charge in [0.1, 0.15) is 5.76 Å². The van der Waals surface area contributed by atoms with Crippen molar-refractivity contribution in [2.45, 2.75) is 23.2 Å². The first-order chi connectivity index (χ1) is 38.7. The summed E-state index contributed by atoms with van der Waals surface area (Å²) in [4.78, 5) is 15.0. The topological polar surface area (TPSA) is 84.4 Å². The van der Waals surface area contributed by atoms with Crippen LogP contribution in [-0.2, 0) is 28.0 Å². The summed E-state index contributed by atoms with van der Waals surface area (Å²) in [6.45, 7) is 0. The molecular weight excluding hydrogens is 1020 g/mol. The number of aliphatic hydroxyl groups excluding tert-OH is 1. The van der Waals surface area contributed by atoms with Crippen molar-refractivity contribution in [2.24, 2.45) is 0 Å². The molecule has 2 atom stereocenters. The van der Waals surface area contributed by atoms with Crippen molar-refractivity contribution in [3.63, 3.8) is 0 Å². The second kappa shape index (κ2) is 14.8. The summed E-state index contributed by atoms with van der Waals surface area (Å²) in [7, 11) is 0. The molecule has 2 heterocycles. The van der Waals surface area contributed by atoms with E-state index in [9.17, 15) is 15.0 Å². The minimum Gasteiger partial charge on any atom is -0.869 e. The van der Waals surface area contributed by atoms with Gasteiger partial charge >= 0.3 is 12.4 Å². The molecule has 5 aliphatic carbocycles. The van der Waals surface area contributed by atoms with Crippen LogP contribution in [0.1, 0.15) is 44.5 Å². The van der Waals surface area contributed by atoms with Crippen LogP contribution in [0.15, 0.2) is 228 Å². The van der Waals surface area contributed by atoms with Crippen LogP contribution >= 0.6 is 0 Å². The Balaban J connectivity index is 0.921. The third-order valence-electron chi connectivity index (χ3n) is 18.0. The predicted octanol–water partition coefficient (Wildman–Crippen LogP) is 16.3. The van der Waals surface area contributed by atoms with Crippen molar-refractivity contribution in [1.82, 2.24) is 0 Å². The van der Waals surface area contributed by atoms with Gasteiger partial charge in [-0.15, -0.1) is 0 Å². The fourth-order valence-corrected chi connectivity index (χ4v) is 14.9. The van der Waals surface area contributed by atoms with Crippen LogP contribution in [-0.4, -0.2) is 10.9 Å². The number of allylic oxidation sites excluding steroid dienone is 5. The molecule has 382 valence electrons. The number of rotatable bonds is 2. The van der Waals surface area contributed by atoms with Gasteiger partial charge in [0.15, 0.2) is 5.78 Å². The Hall–Kier alpha value is -9.87. The molecule has 0 saturated carbocycles. The number of nitrogens with one attached hydrogen (secondary N) is 2. The van der Waals surface area contributed by atoms with Crippen molar-refractivity contribution in [1.29, 1.82) is 0 Å². The number of Topliss-reactive ketones (excluding diaryl/α,β-unsaturated/α-hetero) is 1. The van der Waals surface area contributed by atoms with Gasteiger partial charge in [0.05, 0.1) is 38.9 Å². The molecule has 5 nitrogen and oxygen atoms in total. The molecule has 2 unspecified atom stereocenters. The molecule has 2 spiro atoms. The largest absolute Gasteiger partial charge is 0.869 e. The van der Waals surface area contributed by atoms with Gasteiger partial charge in [0.2, 0.25) is 0 Å². The van der Waals surface area contributed by atoms with Gasteiger partial charge in [-0.1, -0.05) is 146 Å². The quantitative estimate of drug-likeness (QED) is 0.150. The van der Waals surface area contributed by atoms with Crippen LogP contribution in [0.2, 0.25) is 0 Å². The molecule has 0 aromatic heterocycles. The second-order valence-corrected chi connectivity index (χ2v) is 21.5. The Bertz CT molecular complexity index is 4810. The van der Waals surface area contributed by atoms with Crippen molar-refractivity contribution < 1.29 is 41.4 Å². The molecule has 10 aromatic rings. The standard InChI is InChI=1S/C69H36F6N2O3/c70-68(71,72)33-23-25-41-39-15-5-7-21-51(39)66(53(41)27-33)55-29-47-37-13-3-1-11-35(37)43-17-9-19-45(59(43)47)61(55)76-57(66)31-49-63(78)50(65(80)64(49)79)32-58-67(52-22-8-6-16-40(52)42-26-24-34(28-54(42)67)69(73,74)75)56-30-48-38-14-4-2-12-36(38)44-18-10-20-46(60(44)48)62(56)77-58/h1-32,76-78H,(H,79,80)/p-1/b57-31-,58-32-. The second-order valence-electron chi connectivity index (χ2n) is 21.5. The van der Waals surface area contributed by atoms with Gasteiger partial charge in [-0.25, -0.2) is 0 Å². The summed E-state index contributed by atoms with van der Waals surface area (Å²) in [6, 6.07) is 53.9. The van der Waals surface area contributed by atoms with Crippen molar-refractivity contribution in [2.75, 3.05) is 10.6 Å². The summed E-state index contributed by atoms with van der Waals surface area (Å²) < 4.78 is 90.2. The van der Waals surface area contributed by atoms with E-state index in [1.807, 2.05) is 146 Å². The fourth-order valence-electron chi connectivity index (χ4n) is 14.9. The van der Waals surface area contributed by atoms with Gasteiger partial charge in [0, 0.05) is 27.7 Å². The minimum atomic E-state index is -4.74. The average molecular weight is 1050 g/mol. The van der Waals surface area contributed by atoms with Gasteiger partial charge in [-0.3, -0.25) is 4.79 Å². The minimum absolute atomic E-state index is 0.234. The zero-order valence-corrected chi connectivity index (χ0v) is 41.5. The molecule has 10 aromatic carbocycles. The fraction of sp³-hybridized carbons (Fsp3) is 0.0580. The summed E-state index contributed by atoms with van der Waals surface area (Å²) in [6.07, 6.45) is -6.68. The Labute approximate surface area is 451 Å². The lowest BCUT2D eigenvalue weighted by molar-refractivity contribution is -0.298. The lowest BCUT2D eigenvalue weighted by Crippen LogP contribution is -2.28. The molecule has 3 N–H and O–H groups in total. The number of carbonyl (C=O) groups excluding carboxylic acids is 1. The Morgan fingerprint density at radius 1 is 0.400 bits per heavy atom. The van der Waals surface area contributed by atoms with Gasteiger partial charge in [-0.05, 0) is 165 Å². The van der Waals surface area contributed by atoms with Crippen LogP contribution in [0.3, 0.4) is 0 Å². The SMILES string of the molecule is O=C1C([O-])=C(/C=C2\Nc3c(cc4c5c(cccc35)-c3ccccc3-4)C23c2ccccc2-c2ccc(C(F)(F)F)cc23)C(O)=C1/C=C1\Nc2c(cc3c4c(cccc24)-c2ccccc2-3)C12c1ccccc1-c1ccc(C(F)(F)F)cc12. The van der Waals surface area contributed by atoms with E-state index in [0.29, 0.717) is 67.0 Å². The van der Waals surface area contributed by atoms with Gasteiger partial charge < -0.3 is 20.8 Å². The Kier molecular flexibility index (Phi) is 8.37. The number of aliphatic hydroxyl groups is 1. The molecule has 80 heavy (non-hydrogen) atoms. The number of ketones is 1. The lowest BCUT2D eigenvalue weighted by Gasteiger charge is -2.30. The zero-order valence-electron chi connectivity index (χ0n) is 41.5. The van der Waals surface area contributed by atoms with Crippen molar-refractivity contribution >= 4 is 38.7 Å². The molecular formula is C69H35F6N2O3-. The molecule has 0 amide bonds. The maximum Gasteiger partial charge on any atom is 0.416 e. The molecule has 0 radical (unpaired) electrons. The highest BCUT2D eigenvalue weighted by Gasteiger charge is 2.56. The molecule has 2 aliphatic heterocycles. The van der Waals surface area contributed by atoms with E-state index in [0.717, 1.165) is 90.3 Å². The Morgan fingerprint density at radius 2 is 0.775 bits per heavy atom. The van der Waals surface area contributed by atoms with Crippen LogP contribution in [0.4, 0.5) is 37.7 Å². The van der Waals surface area contributed by atoms with Crippen LogP contribution < -0.4 is 15.7 Å². The van der Waals surface area contributed by atoms with E-state index in [4.69, 9.17) is 0 Å². The molecule has 17 rings (SSSR count). The van der Waals surface area contributed by atoms with E-state index >= 15 is 26.3 Å². The summed E-state index contributed by atoms with van der Waals surface area (Å²) >= 11 is 0. The molecule has 0 saturated heterocycles. The van der Waals surface area contributed by atoms with Gasteiger partial charge in [0.25, 0.3) is 0 Å². The van der Waals surface area contributed by atoms with Crippen molar-refractivity contribution in [3.8, 4) is 66.8 Å². The number of carbonyl (C=O) groups is 1. The summed E-state index contributed by atoms with van der Waals surface area (Å²) in [5.41, 5.74) is 9.09. The van der Waals surface area contributed by atoms with Crippen LogP contribution in [0, 0.1) is 0 Å². The average Bonchev–Trinajstić information content (AvgIpc) is 4.18. The maximum atomic E-state index is 15.0.